The maximum absolute atomic E-state index is 4.09. The van der Waals surface area contributed by atoms with E-state index in [0.717, 1.165) is 68.2 Å². The Morgan fingerprint density at radius 3 is 0.377 bits per heavy atom. The average Bonchev–Trinajstić information content (AvgIpc) is 3.51. The number of hydrogen-bond acceptors (Lipinski definition) is 4. The minimum atomic E-state index is -4.09. The number of para-hydroxylation sites is 8. The van der Waals surface area contributed by atoms with Gasteiger partial charge < -0.3 is 0 Å². The molecule has 0 fully saturated rings. The fourth-order valence-electron chi connectivity index (χ4n) is 10.8. The number of rotatable bonds is 16. The molecule has 0 heterocycles. The van der Waals surface area contributed by atoms with Crippen LogP contribution in [-0.4, -0.2) is 13.3 Å². The number of anilines is 12. The molecule has 0 amide bonds. The Kier molecular flexibility index (Phi) is 14.1. The molecule has 77 heavy (non-hydrogen) atoms. The van der Waals surface area contributed by atoms with Crippen LogP contribution in [-0.2, 0) is 0 Å². The van der Waals surface area contributed by atoms with Crippen molar-refractivity contribution in [2.75, 3.05) is 19.6 Å². The van der Waals surface area contributed by atoms with Gasteiger partial charge in [0.1, 0.15) is 0 Å². The average molecular weight is 1050 g/mol. The van der Waals surface area contributed by atoms with Crippen LogP contribution in [0.2, 0.25) is 0 Å². The molecule has 0 aliphatic heterocycles. The van der Waals surface area contributed by atoms with Gasteiger partial charge in [-0.2, -0.15) is 0 Å². The standard InChI is InChI=1S/C72H56GeN4/c1-9-25-61(26-10-1)74(62-27-11-2-12-28-62)69-49-41-57(42-50-69)73(58-43-51-70(52-44-58)75(63-29-13-3-14-30-63)64-31-15-4-16-32-64,59-45-53-71(54-46-59)76(65-33-17-5-18-34-65)66-35-19-6-20-36-66)60-47-55-72(56-48-60)77(67-37-21-7-22-38-67)68-39-23-8-24-40-68/h1-56H. The molecule has 0 bridgehead atoms. The third-order valence-electron chi connectivity index (χ3n) is 14.3. The molecule has 12 aromatic carbocycles. The SMILES string of the molecule is c1ccc(N(c2ccccc2)c2cc[c]([Ge]([c]3ccc(N(c4ccccc4)c4ccccc4)cc3)([c]3ccc(N(c4ccccc4)c4ccccc4)cc3)[c]3ccc(N(c4ccccc4)c4ccccc4)cc3)cc2)cc1. The van der Waals surface area contributed by atoms with Gasteiger partial charge in [-0.1, -0.05) is 0 Å². The summed E-state index contributed by atoms with van der Waals surface area (Å²) in [6.45, 7) is 0. The molecule has 0 radical (unpaired) electrons. The predicted molar refractivity (Wildman–Crippen MR) is 329 cm³/mol. The van der Waals surface area contributed by atoms with E-state index in [1.165, 1.54) is 17.6 Å². The van der Waals surface area contributed by atoms with Gasteiger partial charge in [0.25, 0.3) is 0 Å². The zero-order valence-corrected chi connectivity index (χ0v) is 44.7. The van der Waals surface area contributed by atoms with E-state index in [1.54, 1.807) is 0 Å². The third kappa shape index (κ3) is 9.94. The van der Waals surface area contributed by atoms with Gasteiger partial charge in [0.05, 0.1) is 0 Å². The van der Waals surface area contributed by atoms with Gasteiger partial charge in [-0.25, -0.2) is 0 Å². The number of hydrogen-bond donors (Lipinski definition) is 0. The summed E-state index contributed by atoms with van der Waals surface area (Å²) in [5, 5.41) is 0. The summed E-state index contributed by atoms with van der Waals surface area (Å²) in [5.41, 5.74) is 13.2. The fraction of sp³-hybridized carbons (Fsp3) is 0. The molecular weight excluding hydrogens is 993 g/mol. The first-order chi connectivity index (χ1) is 38.2. The van der Waals surface area contributed by atoms with Gasteiger partial charge >= 0.3 is 458 Å². The summed E-state index contributed by atoms with van der Waals surface area (Å²) in [4.78, 5) is 9.40. The molecule has 12 rings (SSSR count). The summed E-state index contributed by atoms with van der Waals surface area (Å²) in [7, 11) is 0. The van der Waals surface area contributed by atoms with Crippen molar-refractivity contribution < 1.29 is 0 Å². The third-order valence-corrected chi connectivity index (χ3v) is 24.4. The van der Waals surface area contributed by atoms with E-state index in [9.17, 15) is 0 Å². The Morgan fingerprint density at radius 1 is 0.130 bits per heavy atom. The van der Waals surface area contributed by atoms with Crippen molar-refractivity contribution in [3.05, 3.63) is 340 Å². The van der Waals surface area contributed by atoms with Crippen molar-refractivity contribution in [1.29, 1.82) is 0 Å². The molecule has 0 saturated heterocycles. The fourth-order valence-corrected chi connectivity index (χ4v) is 20.6. The van der Waals surface area contributed by atoms with Gasteiger partial charge in [-0.15, -0.1) is 0 Å². The molecule has 0 unspecified atom stereocenters. The van der Waals surface area contributed by atoms with Crippen molar-refractivity contribution in [1.82, 2.24) is 0 Å². The van der Waals surface area contributed by atoms with Crippen molar-refractivity contribution in [2.24, 2.45) is 0 Å². The van der Waals surface area contributed by atoms with Crippen LogP contribution in [0.15, 0.2) is 340 Å². The van der Waals surface area contributed by atoms with Crippen molar-refractivity contribution in [3.8, 4) is 0 Å². The zero-order chi connectivity index (χ0) is 51.6. The summed E-state index contributed by atoms with van der Waals surface area (Å²) in [6, 6.07) is 123. The normalized spacial score (nSPS) is 11.1. The van der Waals surface area contributed by atoms with E-state index < -0.39 is 13.3 Å². The first kappa shape index (κ1) is 48.3. The Labute approximate surface area is 455 Å². The molecule has 0 spiro atoms. The van der Waals surface area contributed by atoms with Crippen LogP contribution in [0.3, 0.4) is 0 Å². The monoisotopic (exact) mass is 1050 g/mol. The van der Waals surface area contributed by atoms with Crippen molar-refractivity contribution >= 4 is 99.1 Å². The molecule has 0 aromatic heterocycles. The van der Waals surface area contributed by atoms with Gasteiger partial charge in [-0.05, 0) is 0 Å². The molecule has 368 valence electrons. The quantitative estimate of drug-likeness (QED) is 0.0894. The van der Waals surface area contributed by atoms with Gasteiger partial charge in [0.15, 0.2) is 0 Å². The second kappa shape index (κ2) is 22.5. The van der Waals surface area contributed by atoms with Crippen LogP contribution in [0.1, 0.15) is 0 Å². The van der Waals surface area contributed by atoms with Crippen LogP contribution in [0.5, 0.6) is 0 Å². The van der Waals surface area contributed by atoms with Gasteiger partial charge in [0.2, 0.25) is 0 Å². The van der Waals surface area contributed by atoms with E-state index in [-0.39, 0.29) is 0 Å². The molecule has 12 aromatic rings. The van der Waals surface area contributed by atoms with E-state index in [4.69, 9.17) is 0 Å². The van der Waals surface area contributed by atoms with E-state index in [2.05, 4.69) is 359 Å². The second-order valence-electron chi connectivity index (χ2n) is 19.0. The Morgan fingerprint density at radius 2 is 0.247 bits per heavy atom. The Bertz CT molecular complexity index is 3070. The molecule has 5 heteroatoms. The first-order valence-electron chi connectivity index (χ1n) is 26.3. The van der Waals surface area contributed by atoms with Crippen molar-refractivity contribution in [2.45, 2.75) is 0 Å². The molecule has 0 saturated carbocycles. The van der Waals surface area contributed by atoms with E-state index in [0.29, 0.717) is 0 Å². The summed E-state index contributed by atoms with van der Waals surface area (Å²) < 4.78 is 5.27. The summed E-state index contributed by atoms with van der Waals surface area (Å²) in [6.07, 6.45) is 0. The molecule has 0 aliphatic rings. The van der Waals surface area contributed by atoms with Gasteiger partial charge in [-0.3, -0.25) is 0 Å². The van der Waals surface area contributed by atoms with Crippen LogP contribution in [0, 0.1) is 0 Å². The first-order valence-corrected chi connectivity index (χ1v) is 30.5. The zero-order valence-electron chi connectivity index (χ0n) is 42.6. The number of nitrogens with zero attached hydrogens (tertiary/aromatic N) is 4. The summed E-state index contributed by atoms with van der Waals surface area (Å²) >= 11 is -4.09. The summed E-state index contributed by atoms with van der Waals surface area (Å²) in [5.74, 6) is 0. The Balaban J connectivity index is 1.08. The second-order valence-corrected chi connectivity index (χ2v) is 27.0. The molecular formula is C72H56GeN4. The van der Waals surface area contributed by atoms with E-state index >= 15 is 0 Å². The molecule has 0 aliphatic carbocycles. The molecule has 0 N–H and O–H groups in total. The molecule has 0 atom stereocenters. The van der Waals surface area contributed by atoms with E-state index in [1.807, 2.05) is 0 Å². The predicted octanol–water partition coefficient (Wildman–Crippen LogP) is 16.9. The molecule has 4 nitrogen and oxygen atoms in total. The number of benzene rings is 12. The van der Waals surface area contributed by atoms with Crippen LogP contribution < -0.4 is 37.2 Å². The maximum atomic E-state index is 2.42. The van der Waals surface area contributed by atoms with Crippen LogP contribution in [0.4, 0.5) is 68.2 Å². The van der Waals surface area contributed by atoms with Crippen molar-refractivity contribution in [3.63, 3.8) is 0 Å². The van der Waals surface area contributed by atoms with Crippen LogP contribution >= 0.6 is 0 Å². The topological polar surface area (TPSA) is 13.0 Å². The minimum absolute atomic E-state index is 1.09. The van der Waals surface area contributed by atoms with Crippen LogP contribution in [0.25, 0.3) is 0 Å². The van der Waals surface area contributed by atoms with Gasteiger partial charge in [0, 0.05) is 0 Å². The Hall–Kier alpha value is -9.62.